The highest BCUT2D eigenvalue weighted by Gasteiger charge is 2.27. The Hall–Kier alpha value is -2.66. The lowest BCUT2D eigenvalue weighted by Crippen LogP contribution is -2.49. The van der Waals surface area contributed by atoms with Gasteiger partial charge in [0.25, 0.3) is 5.91 Å². The summed E-state index contributed by atoms with van der Waals surface area (Å²) in [6.45, 7) is -0.330. The van der Waals surface area contributed by atoms with Crippen LogP contribution in [-0.2, 0) is 29.6 Å². The molecular formula is C23H25F2IN4O6S. The number of hydrogen-bond acceptors (Lipinski definition) is 8. The lowest BCUT2D eigenvalue weighted by atomic mass is 10.00. The van der Waals surface area contributed by atoms with Crippen molar-refractivity contribution in [3.8, 4) is 0 Å². The molecule has 5 N–H and O–H groups in total. The Balaban J connectivity index is 1.78. The first-order chi connectivity index (χ1) is 17.4. The highest BCUT2D eigenvalue weighted by Crippen LogP contribution is 2.18. The Morgan fingerprint density at radius 2 is 1.86 bits per heavy atom. The number of benzene rings is 2. The average molecular weight is 650 g/mol. The molecule has 2 unspecified atom stereocenters. The summed E-state index contributed by atoms with van der Waals surface area (Å²) in [7, 11) is -3.78. The van der Waals surface area contributed by atoms with Crippen LogP contribution in [0.4, 0.5) is 14.8 Å². The van der Waals surface area contributed by atoms with Gasteiger partial charge in [-0.15, -0.1) is 0 Å². The third-order valence-electron chi connectivity index (χ3n) is 5.06. The molecule has 1 aromatic heterocycles. The molecule has 2 atom stereocenters. The maximum atomic E-state index is 13.8. The van der Waals surface area contributed by atoms with E-state index in [1.54, 1.807) is 0 Å². The van der Waals surface area contributed by atoms with E-state index in [1.165, 1.54) is 0 Å². The third kappa shape index (κ3) is 8.99. The number of aliphatic hydroxyl groups is 2. The van der Waals surface area contributed by atoms with Crippen LogP contribution in [0.5, 0.6) is 0 Å². The van der Waals surface area contributed by atoms with E-state index < -0.39 is 58.0 Å². The molecule has 14 heteroatoms. The Labute approximate surface area is 225 Å². The van der Waals surface area contributed by atoms with Gasteiger partial charge in [-0.3, -0.25) is 4.79 Å². The number of sulfonamides is 1. The normalized spacial score (nSPS) is 13.2. The minimum absolute atomic E-state index is 0.0147. The first-order valence-corrected chi connectivity index (χ1v) is 13.9. The van der Waals surface area contributed by atoms with Crippen molar-refractivity contribution >= 4 is 44.5 Å². The Morgan fingerprint density at radius 1 is 1.16 bits per heavy atom. The molecule has 1 heterocycles. The maximum Gasteiger partial charge on any atom is 0.309 e. The van der Waals surface area contributed by atoms with Crippen LogP contribution in [0.3, 0.4) is 0 Å². The lowest BCUT2D eigenvalue weighted by Gasteiger charge is -2.25. The predicted molar refractivity (Wildman–Crippen MR) is 139 cm³/mol. The molecule has 37 heavy (non-hydrogen) atoms. The smallest absolute Gasteiger partial charge is 0.309 e. The van der Waals surface area contributed by atoms with Crippen molar-refractivity contribution < 1.29 is 36.6 Å². The van der Waals surface area contributed by atoms with Gasteiger partial charge in [0.2, 0.25) is 10.0 Å². The standard InChI is InChI=1S/C23H25F2IN4O6S/c1-37(34,35)30-23-29-21(20(12-31)36-23)22(33)28-18(8-14-5-15(24)9-16(25)6-14)19(32)11-27-10-13-3-2-4-17(26)7-13/h2-7,9,18-19,27,31-32H,8,10-12H2,1H3,(H,28,33)(H,29,30). The molecule has 0 aliphatic heterocycles. The predicted octanol–water partition coefficient (Wildman–Crippen LogP) is 1.91. The van der Waals surface area contributed by atoms with Gasteiger partial charge in [0, 0.05) is 22.7 Å². The summed E-state index contributed by atoms with van der Waals surface area (Å²) in [5.41, 5.74) is 0.734. The molecule has 1 amide bonds. The summed E-state index contributed by atoms with van der Waals surface area (Å²) in [6.07, 6.45) is -0.507. The van der Waals surface area contributed by atoms with Crippen LogP contribution in [0.1, 0.15) is 27.4 Å². The molecular weight excluding hydrogens is 625 g/mol. The Kier molecular flexibility index (Phi) is 9.94. The van der Waals surface area contributed by atoms with E-state index in [0.717, 1.165) is 27.5 Å². The summed E-state index contributed by atoms with van der Waals surface area (Å²) in [5.74, 6) is -2.85. The minimum Gasteiger partial charge on any atom is -0.425 e. The van der Waals surface area contributed by atoms with E-state index in [-0.39, 0.29) is 24.3 Å². The molecule has 2 aromatic carbocycles. The zero-order valence-corrected chi connectivity index (χ0v) is 22.5. The molecule has 0 aliphatic rings. The number of hydrogen-bond donors (Lipinski definition) is 5. The number of carbonyl (C=O) groups excluding carboxylic acids is 1. The van der Waals surface area contributed by atoms with Crippen molar-refractivity contribution in [1.29, 1.82) is 0 Å². The van der Waals surface area contributed by atoms with Crippen LogP contribution in [0.2, 0.25) is 0 Å². The van der Waals surface area contributed by atoms with Crippen molar-refractivity contribution in [3.05, 3.63) is 80.3 Å². The van der Waals surface area contributed by atoms with Crippen LogP contribution in [-0.4, -0.2) is 54.5 Å². The monoisotopic (exact) mass is 650 g/mol. The third-order valence-corrected chi connectivity index (χ3v) is 6.28. The van der Waals surface area contributed by atoms with Crippen molar-refractivity contribution in [1.82, 2.24) is 15.6 Å². The van der Waals surface area contributed by atoms with Gasteiger partial charge in [-0.1, -0.05) is 12.1 Å². The maximum absolute atomic E-state index is 13.8. The summed E-state index contributed by atoms with van der Waals surface area (Å²) in [4.78, 5) is 16.7. The summed E-state index contributed by atoms with van der Waals surface area (Å²) < 4.78 is 58.5. The highest BCUT2D eigenvalue weighted by molar-refractivity contribution is 14.1. The number of nitrogens with zero attached hydrogens (tertiary/aromatic N) is 1. The van der Waals surface area contributed by atoms with E-state index in [1.807, 2.05) is 29.0 Å². The van der Waals surface area contributed by atoms with E-state index >= 15 is 0 Å². The number of rotatable bonds is 12. The first-order valence-electron chi connectivity index (χ1n) is 10.9. The number of aliphatic hydroxyl groups excluding tert-OH is 2. The van der Waals surface area contributed by atoms with Crippen molar-refractivity contribution in [2.75, 3.05) is 17.5 Å². The van der Waals surface area contributed by atoms with Crippen molar-refractivity contribution in [2.24, 2.45) is 0 Å². The van der Waals surface area contributed by atoms with Crippen LogP contribution in [0.25, 0.3) is 0 Å². The SMILES string of the molecule is CS(=O)(=O)Nc1nc(C(=O)NC(Cc2cc(F)cc(F)c2)C(O)CNCc2cccc(I)c2)c(CO)o1. The Morgan fingerprint density at radius 3 is 2.49 bits per heavy atom. The van der Waals surface area contributed by atoms with E-state index in [9.17, 15) is 32.2 Å². The summed E-state index contributed by atoms with van der Waals surface area (Å²) >= 11 is 2.18. The average Bonchev–Trinajstić information content (AvgIpc) is 3.19. The fraction of sp³-hybridized carbons (Fsp3) is 0.304. The van der Waals surface area contributed by atoms with Crippen molar-refractivity contribution in [2.45, 2.75) is 31.7 Å². The van der Waals surface area contributed by atoms with Gasteiger partial charge in [-0.2, -0.15) is 4.98 Å². The topological polar surface area (TPSA) is 154 Å². The molecule has 3 aromatic rings. The highest BCUT2D eigenvalue weighted by atomic mass is 127. The van der Waals surface area contributed by atoms with Crippen LogP contribution < -0.4 is 15.4 Å². The number of nitrogens with one attached hydrogen (secondary N) is 3. The molecule has 0 radical (unpaired) electrons. The number of anilines is 1. The number of aromatic nitrogens is 1. The second kappa shape index (κ2) is 12.7. The largest absolute Gasteiger partial charge is 0.425 e. The molecule has 0 spiro atoms. The fourth-order valence-electron chi connectivity index (χ4n) is 3.49. The second-order valence-corrected chi connectivity index (χ2v) is 11.2. The van der Waals surface area contributed by atoms with Gasteiger partial charge in [0.1, 0.15) is 18.2 Å². The van der Waals surface area contributed by atoms with Gasteiger partial charge in [-0.05, 0) is 64.4 Å². The lowest BCUT2D eigenvalue weighted by molar-refractivity contribution is 0.0821. The van der Waals surface area contributed by atoms with Gasteiger partial charge in [0.15, 0.2) is 11.5 Å². The molecule has 0 aliphatic carbocycles. The van der Waals surface area contributed by atoms with Gasteiger partial charge < -0.3 is 25.3 Å². The minimum atomic E-state index is -3.78. The molecule has 10 nitrogen and oxygen atoms in total. The van der Waals surface area contributed by atoms with Crippen LogP contribution >= 0.6 is 22.6 Å². The first kappa shape index (κ1) is 28.9. The van der Waals surface area contributed by atoms with Gasteiger partial charge >= 0.3 is 6.01 Å². The molecule has 200 valence electrons. The quantitative estimate of drug-likeness (QED) is 0.187. The van der Waals surface area contributed by atoms with Crippen LogP contribution in [0.15, 0.2) is 46.9 Å². The zero-order valence-electron chi connectivity index (χ0n) is 19.5. The molecule has 0 bridgehead atoms. The molecule has 3 rings (SSSR count). The Bertz CT molecular complexity index is 1330. The molecule has 0 saturated heterocycles. The van der Waals surface area contributed by atoms with Gasteiger partial charge in [0.05, 0.1) is 18.4 Å². The van der Waals surface area contributed by atoms with Gasteiger partial charge in [-0.25, -0.2) is 21.9 Å². The summed E-state index contributed by atoms with van der Waals surface area (Å²) in [5, 5.41) is 26.0. The molecule has 0 saturated carbocycles. The second-order valence-electron chi connectivity index (χ2n) is 8.21. The van der Waals surface area contributed by atoms with Crippen LogP contribution in [0, 0.1) is 15.2 Å². The van der Waals surface area contributed by atoms with E-state index in [4.69, 9.17) is 4.42 Å². The molecule has 0 fully saturated rings. The number of carbonyl (C=O) groups is 1. The van der Waals surface area contributed by atoms with Crippen molar-refractivity contribution in [3.63, 3.8) is 0 Å². The number of amides is 1. The van der Waals surface area contributed by atoms with E-state index in [2.05, 4.69) is 38.2 Å². The van der Waals surface area contributed by atoms with E-state index in [0.29, 0.717) is 12.6 Å². The fourth-order valence-corrected chi connectivity index (χ4v) is 4.51. The number of halogens is 3. The number of oxazole rings is 1. The summed E-state index contributed by atoms with van der Waals surface area (Å²) in [6, 6.07) is 8.97. The zero-order chi connectivity index (χ0) is 27.2.